The first-order chi connectivity index (χ1) is 5.79. The zero-order valence-electron chi connectivity index (χ0n) is 7.32. The van der Waals surface area contributed by atoms with E-state index in [9.17, 15) is 4.79 Å². The van der Waals surface area contributed by atoms with Crippen molar-refractivity contribution in [3.05, 3.63) is 18.2 Å². The Morgan fingerprint density at radius 2 is 2.31 bits per heavy atom. The van der Waals surface area contributed by atoms with Crippen LogP contribution in [0.2, 0.25) is 0 Å². The summed E-state index contributed by atoms with van der Waals surface area (Å²) in [4.78, 5) is 17.2. The van der Waals surface area contributed by atoms with E-state index in [1.165, 1.54) is 0 Å². The molecule has 0 aromatic carbocycles. The minimum absolute atomic E-state index is 0. The van der Waals surface area contributed by atoms with Gasteiger partial charge >= 0.3 is 0 Å². The SMILES string of the molecule is Cl.NC(=O)CCCCc1cnc[nH]1. The number of nitrogens with two attached hydrogens (primary N) is 1. The minimum Gasteiger partial charge on any atom is -0.370 e. The Hall–Kier alpha value is -1.03. The second kappa shape index (κ2) is 6.48. The van der Waals surface area contributed by atoms with E-state index in [0.717, 1.165) is 25.0 Å². The average Bonchev–Trinajstić information content (AvgIpc) is 2.49. The third kappa shape index (κ3) is 5.25. The van der Waals surface area contributed by atoms with Gasteiger partial charge in [0.15, 0.2) is 0 Å². The highest BCUT2D eigenvalue weighted by atomic mass is 35.5. The van der Waals surface area contributed by atoms with Gasteiger partial charge < -0.3 is 10.7 Å². The minimum atomic E-state index is -0.223. The normalized spacial score (nSPS) is 9.23. The molecule has 0 aliphatic carbocycles. The highest BCUT2D eigenvalue weighted by Gasteiger charge is 1.96. The molecule has 1 rings (SSSR count). The molecule has 5 heteroatoms. The van der Waals surface area contributed by atoms with Crippen LogP contribution < -0.4 is 5.73 Å². The van der Waals surface area contributed by atoms with Crippen molar-refractivity contribution in [2.24, 2.45) is 5.73 Å². The highest BCUT2D eigenvalue weighted by Crippen LogP contribution is 2.01. The van der Waals surface area contributed by atoms with Gasteiger partial charge in [-0.3, -0.25) is 4.79 Å². The van der Waals surface area contributed by atoms with Gasteiger partial charge in [-0.25, -0.2) is 4.98 Å². The van der Waals surface area contributed by atoms with Crippen LogP contribution in [0.15, 0.2) is 12.5 Å². The van der Waals surface area contributed by atoms with E-state index in [1.807, 2.05) is 0 Å². The second-order valence-electron chi connectivity index (χ2n) is 2.75. The molecule has 0 fully saturated rings. The molecular weight excluding hydrogens is 190 g/mol. The molecule has 74 valence electrons. The lowest BCUT2D eigenvalue weighted by Gasteiger charge is -1.95. The van der Waals surface area contributed by atoms with E-state index in [2.05, 4.69) is 9.97 Å². The number of H-pyrrole nitrogens is 1. The number of aryl methyl sites for hydroxylation is 1. The lowest BCUT2D eigenvalue weighted by atomic mass is 10.1. The molecule has 0 saturated carbocycles. The molecule has 1 aromatic heterocycles. The molecule has 0 saturated heterocycles. The second-order valence-corrected chi connectivity index (χ2v) is 2.75. The summed E-state index contributed by atoms with van der Waals surface area (Å²) in [6.45, 7) is 0. The predicted octanol–water partition coefficient (Wildman–Crippen LogP) is 1.03. The molecule has 0 aliphatic heterocycles. The number of aromatic amines is 1. The first kappa shape index (κ1) is 12.0. The van der Waals surface area contributed by atoms with Crippen molar-refractivity contribution >= 4 is 18.3 Å². The number of hydrogen-bond acceptors (Lipinski definition) is 2. The van der Waals surface area contributed by atoms with Gasteiger partial charge in [-0.2, -0.15) is 0 Å². The molecule has 1 aromatic rings. The maximum Gasteiger partial charge on any atom is 0.217 e. The Morgan fingerprint density at radius 3 is 2.85 bits per heavy atom. The zero-order valence-corrected chi connectivity index (χ0v) is 8.14. The summed E-state index contributed by atoms with van der Waals surface area (Å²) in [7, 11) is 0. The third-order valence-electron chi connectivity index (χ3n) is 1.67. The van der Waals surface area contributed by atoms with E-state index in [1.54, 1.807) is 12.5 Å². The fourth-order valence-electron chi connectivity index (χ4n) is 1.04. The lowest BCUT2D eigenvalue weighted by molar-refractivity contribution is -0.118. The largest absolute Gasteiger partial charge is 0.370 e. The van der Waals surface area contributed by atoms with Crippen molar-refractivity contribution in [3.63, 3.8) is 0 Å². The first-order valence-corrected chi connectivity index (χ1v) is 4.04. The van der Waals surface area contributed by atoms with Crippen LogP contribution in [0.5, 0.6) is 0 Å². The van der Waals surface area contributed by atoms with Crippen LogP contribution in [-0.4, -0.2) is 15.9 Å². The summed E-state index contributed by atoms with van der Waals surface area (Å²) in [6.07, 6.45) is 6.70. The number of rotatable bonds is 5. The third-order valence-corrected chi connectivity index (χ3v) is 1.67. The molecule has 4 nitrogen and oxygen atoms in total. The molecule has 0 atom stereocenters. The predicted molar refractivity (Wildman–Crippen MR) is 52.6 cm³/mol. The molecule has 0 radical (unpaired) electrons. The van der Waals surface area contributed by atoms with E-state index in [4.69, 9.17) is 5.73 Å². The average molecular weight is 204 g/mol. The van der Waals surface area contributed by atoms with Gasteiger partial charge in [0, 0.05) is 18.3 Å². The summed E-state index contributed by atoms with van der Waals surface area (Å²) >= 11 is 0. The van der Waals surface area contributed by atoms with Gasteiger partial charge in [-0.15, -0.1) is 12.4 Å². The smallest absolute Gasteiger partial charge is 0.217 e. The number of primary amides is 1. The number of imidazole rings is 1. The summed E-state index contributed by atoms with van der Waals surface area (Å²) in [6, 6.07) is 0. The lowest BCUT2D eigenvalue weighted by Crippen LogP contribution is -2.09. The number of unbranched alkanes of at least 4 members (excludes halogenated alkanes) is 1. The monoisotopic (exact) mass is 203 g/mol. The molecule has 3 N–H and O–H groups in total. The van der Waals surface area contributed by atoms with E-state index in [-0.39, 0.29) is 18.3 Å². The fraction of sp³-hybridized carbons (Fsp3) is 0.500. The molecule has 0 aliphatic rings. The molecular formula is C8H14ClN3O. The summed E-state index contributed by atoms with van der Waals surface area (Å²) in [5, 5.41) is 0. The standard InChI is InChI=1S/C8H13N3O.ClH/c9-8(12)4-2-1-3-7-5-10-6-11-7;/h5-6H,1-4H2,(H2,9,12)(H,10,11);1H. The van der Waals surface area contributed by atoms with Crippen LogP contribution in [0.25, 0.3) is 0 Å². The Morgan fingerprint density at radius 1 is 1.54 bits per heavy atom. The summed E-state index contributed by atoms with van der Waals surface area (Å²) in [5.74, 6) is -0.223. The number of hydrogen-bond donors (Lipinski definition) is 2. The number of amides is 1. The number of nitrogens with zero attached hydrogens (tertiary/aromatic N) is 1. The molecule has 1 amide bonds. The van der Waals surface area contributed by atoms with Crippen molar-refractivity contribution in [1.82, 2.24) is 9.97 Å². The maximum absolute atomic E-state index is 10.4. The number of halogens is 1. The Bertz CT molecular complexity index is 236. The van der Waals surface area contributed by atoms with Gasteiger partial charge in [0.2, 0.25) is 5.91 Å². The maximum atomic E-state index is 10.4. The Kier molecular flexibility index (Phi) is 5.97. The summed E-state index contributed by atoms with van der Waals surface area (Å²) < 4.78 is 0. The van der Waals surface area contributed by atoms with E-state index >= 15 is 0 Å². The van der Waals surface area contributed by atoms with Crippen molar-refractivity contribution in [2.75, 3.05) is 0 Å². The topological polar surface area (TPSA) is 71.8 Å². The highest BCUT2D eigenvalue weighted by molar-refractivity contribution is 5.85. The van der Waals surface area contributed by atoms with Gasteiger partial charge in [-0.05, 0) is 19.3 Å². The van der Waals surface area contributed by atoms with Crippen LogP contribution in [0.4, 0.5) is 0 Å². The van der Waals surface area contributed by atoms with Gasteiger partial charge in [-0.1, -0.05) is 0 Å². The van der Waals surface area contributed by atoms with Gasteiger partial charge in [0.25, 0.3) is 0 Å². The van der Waals surface area contributed by atoms with Crippen LogP contribution in [0.1, 0.15) is 25.0 Å². The van der Waals surface area contributed by atoms with E-state index < -0.39 is 0 Å². The molecule has 13 heavy (non-hydrogen) atoms. The van der Waals surface area contributed by atoms with E-state index in [0.29, 0.717) is 6.42 Å². The van der Waals surface area contributed by atoms with Gasteiger partial charge in [0.1, 0.15) is 0 Å². The zero-order chi connectivity index (χ0) is 8.81. The van der Waals surface area contributed by atoms with Crippen molar-refractivity contribution in [2.45, 2.75) is 25.7 Å². The Balaban J connectivity index is 0.00000144. The van der Waals surface area contributed by atoms with Crippen LogP contribution in [0, 0.1) is 0 Å². The summed E-state index contributed by atoms with van der Waals surface area (Å²) in [5.41, 5.74) is 6.10. The molecule has 0 spiro atoms. The van der Waals surface area contributed by atoms with Crippen LogP contribution in [-0.2, 0) is 11.2 Å². The number of aromatic nitrogens is 2. The van der Waals surface area contributed by atoms with Crippen molar-refractivity contribution in [3.8, 4) is 0 Å². The molecule has 0 bridgehead atoms. The first-order valence-electron chi connectivity index (χ1n) is 4.04. The number of carbonyl (C=O) groups is 1. The molecule has 1 heterocycles. The van der Waals surface area contributed by atoms with Crippen molar-refractivity contribution in [1.29, 1.82) is 0 Å². The Labute approximate surface area is 83.3 Å². The number of carbonyl (C=O) groups excluding carboxylic acids is 1. The van der Waals surface area contributed by atoms with Crippen LogP contribution >= 0.6 is 12.4 Å². The number of nitrogens with one attached hydrogen (secondary N) is 1. The van der Waals surface area contributed by atoms with Crippen LogP contribution in [0.3, 0.4) is 0 Å². The molecule has 0 unspecified atom stereocenters. The van der Waals surface area contributed by atoms with Gasteiger partial charge in [0.05, 0.1) is 6.33 Å². The quantitative estimate of drug-likeness (QED) is 0.702. The van der Waals surface area contributed by atoms with Crippen molar-refractivity contribution < 1.29 is 4.79 Å². The fourth-order valence-corrected chi connectivity index (χ4v) is 1.04.